The second kappa shape index (κ2) is 6.48. The lowest BCUT2D eigenvalue weighted by atomic mass is 10.2. The molecule has 3 aromatic heterocycles. The summed E-state index contributed by atoms with van der Waals surface area (Å²) in [5, 5.41) is 16.0. The van der Waals surface area contributed by atoms with E-state index in [1.807, 2.05) is 57.5 Å². The number of rotatable bonds is 5. The summed E-state index contributed by atoms with van der Waals surface area (Å²) < 4.78 is 6.16. The molecule has 0 fully saturated rings. The van der Waals surface area contributed by atoms with Gasteiger partial charge in [0.15, 0.2) is 10.6 Å². The van der Waals surface area contributed by atoms with Gasteiger partial charge in [-0.3, -0.25) is 19.0 Å². The maximum atomic E-state index is 5.39. The first-order chi connectivity index (χ1) is 12.2. The summed E-state index contributed by atoms with van der Waals surface area (Å²) in [6, 6.07) is 12.2. The molecular formula is C17H17N7S. The number of aromatic nitrogens is 7. The van der Waals surface area contributed by atoms with Gasteiger partial charge in [-0.2, -0.15) is 15.3 Å². The third kappa shape index (κ3) is 3.29. The average Bonchev–Trinajstić information content (AvgIpc) is 3.31. The summed E-state index contributed by atoms with van der Waals surface area (Å²) in [6.45, 7) is 3.20. The van der Waals surface area contributed by atoms with E-state index in [1.54, 1.807) is 6.20 Å². The van der Waals surface area contributed by atoms with Crippen LogP contribution in [-0.2, 0) is 13.1 Å². The molecule has 7 nitrogen and oxygen atoms in total. The molecule has 0 aliphatic carbocycles. The monoisotopic (exact) mass is 351 g/mol. The zero-order chi connectivity index (χ0) is 17.2. The Morgan fingerprint density at radius 3 is 2.68 bits per heavy atom. The van der Waals surface area contributed by atoms with E-state index in [0.29, 0.717) is 17.9 Å². The summed E-state index contributed by atoms with van der Waals surface area (Å²) in [5.74, 6) is 0.785. The van der Waals surface area contributed by atoms with Crippen LogP contribution in [0, 0.1) is 11.7 Å². The van der Waals surface area contributed by atoms with Crippen LogP contribution in [0.3, 0.4) is 0 Å². The van der Waals surface area contributed by atoms with Crippen molar-refractivity contribution in [3.8, 4) is 5.69 Å². The standard InChI is InChI=1S/C17H17N7S/c1-13-7-8-22(21-13)12-16-19-20-17(25)24(16)15-9-18-23(11-15)10-14-5-3-2-4-6-14/h2-9,11H,10,12H2,1H3,(H,20,25). The topological polar surface area (TPSA) is 69.2 Å². The molecule has 3 heterocycles. The van der Waals surface area contributed by atoms with Crippen LogP contribution in [0.2, 0.25) is 0 Å². The van der Waals surface area contributed by atoms with Gasteiger partial charge in [-0.05, 0) is 30.8 Å². The van der Waals surface area contributed by atoms with Crippen molar-refractivity contribution in [2.24, 2.45) is 0 Å². The summed E-state index contributed by atoms with van der Waals surface area (Å²) in [7, 11) is 0. The van der Waals surface area contributed by atoms with Crippen molar-refractivity contribution >= 4 is 12.2 Å². The number of benzene rings is 1. The van der Waals surface area contributed by atoms with Crippen molar-refractivity contribution in [1.29, 1.82) is 0 Å². The van der Waals surface area contributed by atoms with Crippen LogP contribution in [0.5, 0.6) is 0 Å². The van der Waals surface area contributed by atoms with Crippen molar-refractivity contribution in [3.63, 3.8) is 0 Å². The molecule has 0 spiro atoms. The number of aryl methyl sites for hydroxylation is 1. The molecule has 0 aliphatic heterocycles. The maximum Gasteiger partial charge on any atom is 0.200 e. The lowest BCUT2D eigenvalue weighted by molar-refractivity contribution is 0.638. The SMILES string of the molecule is Cc1ccn(Cc2n[nH]c(=S)n2-c2cnn(Cc3ccccc3)c2)n1. The van der Waals surface area contributed by atoms with E-state index in [1.165, 1.54) is 5.56 Å². The molecule has 25 heavy (non-hydrogen) atoms. The minimum Gasteiger partial charge on any atom is -0.267 e. The molecule has 4 rings (SSSR count). The fraction of sp³-hybridized carbons (Fsp3) is 0.176. The van der Waals surface area contributed by atoms with Gasteiger partial charge in [-0.25, -0.2) is 0 Å². The molecule has 126 valence electrons. The van der Waals surface area contributed by atoms with Crippen LogP contribution in [0.4, 0.5) is 0 Å². The Morgan fingerprint density at radius 1 is 1.08 bits per heavy atom. The molecule has 0 unspecified atom stereocenters. The molecule has 0 radical (unpaired) electrons. The van der Waals surface area contributed by atoms with Gasteiger partial charge in [0.2, 0.25) is 0 Å². The first-order valence-electron chi connectivity index (χ1n) is 7.92. The number of aromatic amines is 1. The fourth-order valence-electron chi connectivity index (χ4n) is 2.72. The van der Waals surface area contributed by atoms with Crippen LogP contribution < -0.4 is 0 Å². The van der Waals surface area contributed by atoms with Gasteiger partial charge in [0.25, 0.3) is 0 Å². The van der Waals surface area contributed by atoms with Gasteiger partial charge < -0.3 is 0 Å². The molecule has 0 bridgehead atoms. The summed E-state index contributed by atoms with van der Waals surface area (Å²) in [5.41, 5.74) is 3.05. The highest BCUT2D eigenvalue weighted by Gasteiger charge is 2.11. The number of nitrogens with zero attached hydrogens (tertiary/aromatic N) is 6. The largest absolute Gasteiger partial charge is 0.267 e. The average molecular weight is 351 g/mol. The zero-order valence-corrected chi connectivity index (χ0v) is 14.5. The Balaban J connectivity index is 1.62. The van der Waals surface area contributed by atoms with Gasteiger partial charge in [0.05, 0.1) is 24.1 Å². The zero-order valence-electron chi connectivity index (χ0n) is 13.7. The van der Waals surface area contributed by atoms with E-state index in [9.17, 15) is 0 Å². The molecule has 8 heteroatoms. The number of hydrogen-bond donors (Lipinski definition) is 1. The summed E-state index contributed by atoms with van der Waals surface area (Å²) in [4.78, 5) is 0. The van der Waals surface area contributed by atoms with Crippen molar-refractivity contribution in [2.45, 2.75) is 20.0 Å². The molecule has 0 saturated carbocycles. The quantitative estimate of drug-likeness (QED) is 0.561. The summed E-state index contributed by atoms with van der Waals surface area (Å²) >= 11 is 5.39. The molecule has 1 N–H and O–H groups in total. The third-order valence-electron chi connectivity index (χ3n) is 3.88. The van der Waals surface area contributed by atoms with Crippen LogP contribution in [0.25, 0.3) is 5.69 Å². The molecular weight excluding hydrogens is 334 g/mol. The van der Waals surface area contributed by atoms with Crippen LogP contribution in [0.1, 0.15) is 17.1 Å². The minimum atomic E-state index is 0.533. The third-order valence-corrected chi connectivity index (χ3v) is 4.16. The van der Waals surface area contributed by atoms with Gasteiger partial charge in [0.1, 0.15) is 6.54 Å². The van der Waals surface area contributed by atoms with E-state index in [-0.39, 0.29) is 0 Å². The van der Waals surface area contributed by atoms with Gasteiger partial charge in [0, 0.05) is 12.4 Å². The Labute approximate surface area is 149 Å². The summed E-state index contributed by atoms with van der Waals surface area (Å²) in [6.07, 6.45) is 5.69. The molecule has 0 saturated heterocycles. The Morgan fingerprint density at radius 2 is 1.92 bits per heavy atom. The number of H-pyrrole nitrogens is 1. The van der Waals surface area contributed by atoms with Gasteiger partial charge in [-0.1, -0.05) is 30.3 Å². The number of hydrogen-bond acceptors (Lipinski definition) is 4. The Bertz CT molecular complexity index is 1040. The molecule has 0 amide bonds. The van der Waals surface area contributed by atoms with Gasteiger partial charge in [-0.15, -0.1) is 0 Å². The van der Waals surface area contributed by atoms with Crippen molar-refractivity contribution in [3.05, 3.63) is 76.8 Å². The van der Waals surface area contributed by atoms with Crippen LogP contribution in [0.15, 0.2) is 55.0 Å². The van der Waals surface area contributed by atoms with Crippen LogP contribution in [-0.4, -0.2) is 34.3 Å². The second-order valence-corrected chi connectivity index (χ2v) is 6.20. The van der Waals surface area contributed by atoms with E-state index in [2.05, 4.69) is 32.5 Å². The molecule has 0 atom stereocenters. The highest BCUT2D eigenvalue weighted by Crippen LogP contribution is 2.12. The van der Waals surface area contributed by atoms with E-state index in [0.717, 1.165) is 17.2 Å². The first-order valence-corrected chi connectivity index (χ1v) is 8.33. The first kappa shape index (κ1) is 15.5. The molecule has 4 aromatic rings. The smallest absolute Gasteiger partial charge is 0.200 e. The predicted molar refractivity (Wildman–Crippen MR) is 96.1 cm³/mol. The maximum absolute atomic E-state index is 5.39. The lowest BCUT2D eigenvalue weighted by Crippen LogP contribution is -2.08. The van der Waals surface area contributed by atoms with Crippen molar-refractivity contribution in [2.75, 3.05) is 0 Å². The second-order valence-electron chi connectivity index (χ2n) is 5.82. The fourth-order valence-corrected chi connectivity index (χ4v) is 2.98. The minimum absolute atomic E-state index is 0.533. The molecule has 1 aromatic carbocycles. The highest BCUT2D eigenvalue weighted by molar-refractivity contribution is 7.71. The predicted octanol–water partition coefficient (Wildman–Crippen LogP) is 2.73. The number of nitrogens with one attached hydrogen (secondary N) is 1. The van der Waals surface area contributed by atoms with Gasteiger partial charge >= 0.3 is 0 Å². The van der Waals surface area contributed by atoms with Crippen LogP contribution >= 0.6 is 12.2 Å². The van der Waals surface area contributed by atoms with Crippen molar-refractivity contribution < 1.29 is 0 Å². The molecule has 0 aliphatic rings. The normalized spacial score (nSPS) is 11.1. The Hall–Kier alpha value is -3.00. The van der Waals surface area contributed by atoms with E-state index >= 15 is 0 Å². The van der Waals surface area contributed by atoms with Crippen molar-refractivity contribution in [1.82, 2.24) is 34.3 Å². The van der Waals surface area contributed by atoms with E-state index in [4.69, 9.17) is 12.2 Å². The van der Waals surface area contributed by atoms with E-state index < -0.39 is 0 Å². The lowest BCUT2D eigenvalue weighted by Gasteiger charge is -2.04. The Kier molecular flexibility index (Phi) is 4.02. The highest BCUT2D eigenvalue weighted by atomic mass is 32.1.